The highest BCUT2D eigenvalue weighted by molar-refractivity contribution is 5.72. The molecule has 0 radical (unpaired) electrons. The van der Waals surface area contributed by atoms with Crippen molar-refractivity contribution in [1.29, 1.82) is 0 Å². The highest BCUT2D eigenvalue weighted by Gasteiger charge is 2.14. The summed E-state index contributed by atoms with van der Waals surface area (Å²) in [4.78, 5) is 2.34. The molecule has 2 N–H and O–H groups in total. The predicted octanol–water partition coefficient (Wildman–Crippen LogP) is 1.89. The zero-order chi connectivity index (χ0) is 16.7. The van der Waals surface area contributed by atoms with E-state index in [1.54, 1.807) is 5.01 Å². The van der Waals surface area contributed by atoms with Crippen LogP contribution in [-0.2, 0) is 4.74 Å². The molecule has 1 aromatic rings. The number of hydrogen-bond acceptors (Lipinski definition) is 6. The second-order valence-corrected chi connectivity index (χ2v) is 5.40. The first-order valence-electron chi connectivity index (χ1n) is 7.85. The van der Waals surface area contributed by atoms with Crippen molar-refractivity contribution in [2.75, 3.05) is 52.2 Å². The van der Waals surface area contributed by atoms with E-state index in [9.17, 15) is 0 Å². The molecule has 0 amide bonds. The molecule has 0 bridgehead atoms. The molecule has 1 fully saturated rings. The number of rotatable bonds is 7. The average molecular weight is 318 g/mol. The van der Waals surface area contributed by atoms with Gasteiger partial charge in [-0.1, -0.05) is 6.08 Å². The molecular formula is C17H26N4O2. The molecule has 1 saturated heterocycles. The van der Waals surface area contributed by atoms with Gasteiger partial charge in [0.15, 0.2) is 0 Å². The molecule has 1 aliphatic heterocycles. The lowest BCUT2D eigenvalue weighted by Crippen LogP contribution is -2.38. The predicted molar refractivity (Wildman–Crippen MR) is 94.6 cm³/mol. The first-order valence-corrected chi connectivity index (χ1v) is 7.85. The van der Waals surface area contributed by atoms with Gasteiger partial charge in [-0.05, 0) is 25.1 Å². The first kappa shape index (κ1) is 17.3. The Morgan fingerprint density at radius 1 is 1.48 bits per heavy atom. The molecule has 6 nitrogen and oxygen atoms in total. The Balaban J connectivity index is 2.07. The van der Waals surface area contributed by atoms with E-state index in [2.05, 4.69) is 16.7 Å². The quantitative estimate of drug-likeness (QED) is 0.472. The number of nitrogen functional groups attached to an aromatic ring is 1. The van der Waals surface area contributed by atoms with Crippen LogP contribution < -0.4 is 10.5 Å². The summed E-state index contributed by atoms with van der Waals surface area (Å²) < 4.78 is 11.4. The van der Waals surface area contributed by atoms with E-state index in [0.29, 0.717) is 12.3 Å². The molecule has 6 heteroatoms. The lowest BCUT2D eigenvalue weighted by molar-refractivity contribution is 0.0322. The number of nitrogens with zero attached hydrogens (tertiary/aromatic N) is 3. The first-order chi connectivity index (χ1) is 11.2. The minimum absolute atomic E-state index is 0.624. The second-order valence-electron chi connectivity index (χ2n) is 5.40. The maximum atomic E-state index is 6.00. The summed E-state index contributed by atoms with van der Waals surface area (Å²) in [6.07, 6.45) is 1.97. The van der Waals surface area contributed by atoms with Gasteiger partial charge in [-0.3, -0.25) is 9.91 Å². The topological polar surface area (TPSA) is 63.3 Å². The molecule has 1 aliphatic rings. The van der Waals surface area contributed by atoms with Crippen molar-refractivity contribution in [3.8, 4) is 5.75 Å². The third-order valence-corrected chi connectivity index (χ3v) is 3.88. The van der Waals surface area contributed by atoms with Crippen LogP contribution >= 0.6 is 0 Å². The molecule has 0 unspecified atom stereocenters. The number of nitrogens with two attached hydrogens (primary N) is 1. The molecule has 23 heavy (non-hydrogen) atoms. The Kier molecular flexibility index (Phi) is 6.43. The van der Waals surface area contributed by atoms with Crippen molar-refractivity contribution >= 4 is 18.1 Å². The Hall–Kier alpha value is -2.05. The molecule has 0 aromatic heterocycles. The number of morpholine rings is 1. The Morgan fingerprint density at radius 2 is 2.22 bits per heavy atom. The van der Waals surface area contributed by atoms with Crippen molar-refractivity contribution in [2.45, 2.75) is 6.92 Å². The highest BCUT2D eigenvalue weighted by atomic mass is 16.5. The average Bonchev–Trinajstić information content (AvgIpc) is 2.58. The second kappa shape index (κ2) is 8.55. The molecule has 2 rings (SSSR count). The van der Waals surface area contributed by atoms with Gasteiger partial charge in [0, 0.05) is 44.7 Å². The van der Waals surface area contributed by atoms with Gasteiger partial charge in [0.1, 0.15) is 12.4 Å². The molecule has 1 aromatic carbocycles. The van der Waals surface area contributed by atoms with Crippen molar-refractivity contribution in [3.05, 3.63) is 29.8 Å². The fraction of sp³-hybridized carbons (Fsp3) is 0.471. The largest absolute Gasteiger partial charge is 0.492 e. The van der Waals surface area contributed by atoms with Crippen molar-refractivity contribution in [1.82, 2.24) is 9.91 Å². The Labute approximate surface area is 138 Å². The van der Waals surface area contributed by atoms with Crippen molar-refractivity contribution in [3.63, 3.8) is 0 Å². The third-order valence-electron chi connectivity index (χ3n) is 3.88. The molecule has 0 spiro atoms. The lowest BCUT2D eigenvalue weighted by Gasteiger charge is -2.26. The van der Waals surface area contributed by atoms with Crippen molar-refractivity contribution < 1.29 is 9.47 Å². The van der Waals surface area contributed by atoms with Crippen LogP contribution in [0.3, 0.4) is 0 Å². The standard InChI is InChI=1S/C17H26N4O2/c1-4-16(20(3)19-2)15-13-14(18)5-6-17(15)23-12-9-21-7-10-22-11-8-21/h4-6,13H,2,7-12,18H2,1,3H3/b16-4-. The van der Waals surface area contributed by atoms with E-state index in [1.807, 2.05) is 38.2 Å². The highest BCUT2D eigenvalue weighted by Crippen LogP contribution is 2.30. The van der Waals surface area contributed by atoms with Gasteiger partial charge >= 0.3 is 0 Å². The van der Waals surface area contributed by atoms with E-state index in [4.69, 9.17) is 15.2 Å². The van der Waals surface area contributed by atoms with Crippen LogP contribution in [0.15, 0.2) is 29.4 Å². The zero-order valence-electron chi connectivity index (χ0n) is 14.0. The van der Waals surface area contributed by atoms with Crippen LogP contribution in [0, 0.1) is 0 Å². The summed E-state index contributed by atoms with van der Waals surface area (Å²) >= 11 is 0. The third kappa shape index (κ3) is 4.71. The molecular weight excluding hydrogens is 292 g/mol. The SMILES string of the molecule is C=NN(C)/C(=C\C)c1cc(N)ccc1OCCN1CCOCC1. The van der Waals surface area contributed by atoms with Gasteiger partial charge in [0.05, 0.1) is 18.9 Å². The fourth-order valence-electron chi connectivity index (χ4n) is 2.58. The van der Waals surface area contributed by atoms with Crippen LogP contribution in [0.4, 0.5) is 5.69 Å². The van der Waals surface area contributed by atoms with Gasteiger partial charge < -0.3 is 15.2 Å². The number of ether oxygens (including phenoxy) is 2. The normalized spacial score (nSPS) is 16.2. The van der Waals surface area contributed by atoms with Gasteiger partial charge in [-0.15, -0.1) is 0 Å². The number of hydrogen-bond donors (Lipinski definition) is 1. The number of hydrazone groups is 1. The molecule has 0 aliphatic carbocycles. The van der Waals surface area contributed by atoms with Crippen LogP contribution in [-0.4, -0.2) is 63.1 Å². The minimum Gasteiger partial charge on any atom is -0.492 e. The van der Waals surface area contributed by atoms with Crippen LogP contribution in [0.25, 0.3) is 5.70 Å². The summed E-state index contributed by atoms with van der Waals surface area (Å²) in [5.41, 5.74) is 8.46. The number of allylic oxidation sites excluding steroid dienone is 1. The maximum Gasteiger partial charge on any atom is 0.128 e. The number of benzene rings is 1. The zero-order valence-corrected chi connectivity index (χ0v) is 14.0. The van der Waals surface area contributed by atoms with Gasteiger partial charge in [0.2, 0.25) is 0 Å². The molecule has 126 valence electrons. The summed E-state index contributed by atoms with van der Waals surface area (Å²) in [5.74, 6) is 0.802. The summed E-state index contributed by atoms with van der Waals surface area (Å²) in [5, 5.41) is 5.67. The Morgan fingerprint density at radius 3 is 2.87 bits per heavy atom. The van der Waals surface area contributed by atoms with Crippen LogP contribution in [0.2, 0.25) is 0 Å². The summed E-state index contributed by atoms with van der Waals surface area (Å²) in [6.45, 7) is 10.6. The van der Waals surface area contributed by atoms with E-state index in [1.165, 1.54) is 0 Å². The van der Waals surface area contributed by atoms with Gasteiger partial charge in [-0.25, -0.2) is 0 Å². The van der Waals surface area contributed by atoms with E-state index in [0.717, 1.165) is 49.9 Å². The molecule has 0 atom stereocenters. The van der Waals surface area contributed by atoms with Crippen LogP contribution in [0.5, 0.6) is 5.75 Å². The Bertz CT molecular complexity index is 554. The summed E-state index contributed by atoms with van der Waals surface area (Å²) in [7, 11) is 1.85. The van der Waals surface area contributed by atoms with Crippen LogP contribution in [0.1, 0.15) is 12.5 Å². The summed E-state index contributed by atoms with van der Waals surface area (Å²) in [6, 6.07) is 5.66. The smallest absolute Gasteiger partial charge is 0.128 e. The maximum absolute atomic E-state index is 6.00. The minimum atomic E-state index is 0.624. The van der Waals surface area contributed by atoms with Crippen molar-refractivity contribution in [2.24, 2.45) is 5.10 Å². The fourth-order valence-corrected chi connectivity index (χ4v) is 2.58. The molecule has 1 heterocycles. The van der Waals surface area contributed by atoms with Gasteiger partial charge in [-0.2, -0.15) is 5.10 Å². The van der Waals surface area contributed by atoms with E-state index < -0.39 is 0 Å². The molecule has 0 saturated carbocycles. The van der Waals surface area contributed by atoms with E-state index >= 15 is 0 Å². The lowest BCUT2D eigenvalue weighted by atomic mass is 10.1. The number of anilines is 1. The van der Waals surface area contributed by atoms with Gasteiger partial charge in [0.25, 0.3) is 0 Å². The van der Waals surface area contributed by atoms with E-state index in [-0.39, 0.29) is 0 Å². The monoisotopic (exact) mass is 318 g/mol.